The molecule has 0 amide bonds. The van der Waals surface area contributed by atoms with Crippen LogP contribution in [0, 0.1) is 0 Å². The summed E-state index contributed by atoms with van der Waals surface area (Å²) in [5, 5.41) is 6.48. The minimum atomic E-state index is 0.549. The second-order valence-electron chi connectivity index (χ2n) is 14.4. The Balaban J connectivity index is 1.03. The van der Waals surface area contributed by atoms with Crippen LogP contribution >= 0.6 is 0 Å². The first-order valence-corrected chi connectivity index (χ1v) is 19.0. The van der Waals surface area contributed by atoms with Gasteiger partial charge in [0.1, 0.15) is 22.3 Å². The topological polar surface area (TPSA) is 69.9 Å². The van der Waals surface area contributed by atoms with Crippen molar-refractivity contribution in [2.24, 2.45) is 0 Å². The normalized spacial score (nSPS) is 11.9. The molecule has 6 heteroatoms. The minimum absolute atomic E-state index is 0.549. The van der Waals surface area contributed by atoms with Crippen LogP contribution in [0.25, 0.3) is 117 Å². The van der Waals surface area contributed by atoms with Crippen molar-refractivity contribution < 1.29 is 8.83 Å². The van der Waals surface area contributed by atoms with Crippen LogP contribution in [0.3, 0.4) is 0 Å². The lowest BCUT2D eigenvalue weighted by atomic mass is 10.0. The van der Waals surface area contributed by atoms with Gasteiger partial charge < -0.3 is 13.4 Å². The van der Waals surface area contributed by atoms with Gasteiger partial charge in [0.05, 0.1) is 16.6 Å². The van der Waals surface area contributed by atoms with E-state index in [1.54, 1.807) is 0 Å². The Morgan fingerprint density at radius 1 is 0.333 bits per heavy atom. The first kappa shape index (κ1) is 31.5. The van der Waals surface area contributed by atoms with Crippen LogP contribution in [0.5, 0.6) is 0 Å². The monoisotopic (exact) mass is 730 g/mol. The zero-order valence-corrected chi connectivity index (χ0v) is 30.4. The number of nitrogens with zero attached hydrogens (tertiary/aromatic N) is 4. The molecule has 12 aromatic rings. The molecular weight excluding hydrogens is 701 g/mol. The molecule has 8 aromatic carbocycles. The Labute approximate surface area is 325 Å². The summed E-state index contributed by atoms with van der Waals surface area (Å²) in [5.41, 5.74) is 11.5. The van der Waals surface area contributed by atoms with E-state index in [-0.39, 0.29) is 0 Å². The van der Waals surface area contributed by atoms with Crippen molar-refractivity contribution in [3.05, 3.63) is 182 Å². The molecule has 57 heavy (non-hydrogen) atoms. The summed E-state index contributed by atoms with van der Waals surface area (Å²) >= 11 is 0. The SMILES string of the molecule is c1ccc(-c2ccc3c(c2)c2ccccc2n3-c2ccc3oc4cc5oc6c(-c7nc(-c8ccccc8)nc(-c8ccccc8)n7)cccc6c5cc4c3c2)cc1. The smallest absolute Gasteiger partial charge is 0.167 e. The van der Waals surface area contributed by atoms with Gasteiger partial charge in [-0.1, -0.05) is 127 Å². The molecule has 6 nitrogen and oxygen atoms in total. The first-order chi connectivity index (χ1) is 28.2. The van der Waals surface area contributed by atoms with E-state index in [9.17, 15) is 0 Å². The van der Waals surface area contributed by atoms with Gasteiger partial charge in [-0.15, -0.1) is 0 Å². The number of fused-ring (bicyclic) bond motifs is 9. The fraction of sp³-hybridized carbons (Fsp3) is 0. The summed E-state index contributed by atoms with van der Waals surface area (Å²) < 4.78 is 15.6. The molecule has 0 aliphatic carbocycles. The molecule has 0 saturated carbocycles. The average molecular weight is 731 g/mol. The zero-order valence-electron chi connectivity index (χ0n) is 30.4. The van der Waals surface area contributed by atoms with Crippen molar-refractivity contribution in [3.63, 3.8) is 0 Å². The van der Waals surface area contributed by atoms with E-state index in [0.717, 1.165) is 77.3 Å². The summed E-state index contributed by atoms with van der Waals surface area (Å²) in [5.74, 6) is 1.76. The van der Waals surface area contributed by atoms with Crippen LogP contribution in [-0.2, 0) is 0 Å². The number of benzene rings is 8. The molecule has 4 heterocycles. The molecule has 0 spiro atoms. The lowest BCUT2D eigenvalue weighted by Gasteiger charge is -2.09. The molecule has 0 aliphatic heterocycles. The Morgan fingerprint density at radius 2 is 0.930 bits per heavy atom. The third-order valence-corrected chi connectivity index (χ3v) is 11.1. The summed E-state index contributed by atoms with van der Waals surface area (Å²) in [7, 11) is 0. The molecular formula is C51H30N4O2. The summed E-state index contributed by atoms with van der Waals surface area (Å²) in [6.45, 7) is 0. The highest BCUT2D eigenvalue weighted by molar-refractivity contribution is 6.17. The first-order valence-electron chi connectivity index (χ1n) is 19.0. The molecule has 4 aromatic heterocycles. The van der Waals surface area contributed by atoms with Crippen molar-refractivity contribution >= 4 is 65.7 Å². The molecule has 0 N–H and O–H groups in total. The quantitative estimate of drug-likeness (QED) is 0.176. The van der Waals surface area contributed by atoms with E-state index in [4.69, 9.17) is 23.8 Å². The second kappa shape index (κ2) is 12.3. The van der Waals surface area contributed by atoms with Gasteiger partial charge in [0.25, 0.3) is 0 Å². The predicted molar refractivity (Wildman–Crippen MR) is 230 cm³/mol. The van der Waals surface area contributed by atoms with Gasteiger partial charge in [0.2, 0.25) is 0 Å². The molecule has 0 radical (unpaired) electrons. The maximum atomic E-state index is 6.69. The third kappa shape index (κ3) is 5.01. The standard InChI is InChI=1S/C51H30N4O2/c1-4-13-31(14-5-1)34-23-25-44-39(27-34)36-19-10-11-22-43(36)55(44)35-24-26-45-40(28-35)42-29-41-37-20-12-21-38(48(37)57-47(41)30-46(42)56-45)51-53-49(32-15-6-2-7-16-32)52-50(54-51)33-17-8-3-9-18-33/h1-30H. The maximum Gasteiger partial charge on any atom is 0.167 e. The lowest BCUT2D eigenvalue weighted by Crippen LogP contribution is -2.00. The predicted octanol–water partition coefficient (Wildman–Crippen LogP) is 13.4. The van der Waals surface area contributed by atoms with E-state index < -0.39 is 0 Å². The van der Waals surface area contributed by atoms with Gasteiger partial charge in [-0.3, -0.25) is 0 Å². The van der Waals surface area contributed by atoms with Crippen LogP contribution in [0.15, 0.2) is 191 Å². The Hall–Kier alpha value is -7.83. The molecule has 0 unspecified atom stereocenters. The van der Waals surface area contributed by atoms with Gasteiger partial charge in [0, 0.05) is 55.2 Å². The van der Waals surface area contributed by atoms with Crippen LogP contribution in [0.4, 0.5) is 0 Å². The average Bonchev–Trinajstić information content (AvgIpc) is 3.94. The van der Waals surface area contributed by atoms with Crippen molar-refractivity contribution in [2.45, 2.75) is 0 Å². The van der Waals surface area contributed by atoms with Crippen LogP contribution < -0.4 is 0 Å². The van der Waals surface area contributed by atoms with Crippen LogP contribution in [0.2, 0.25) is 0 Å². The lowest BCUT2D eigenvalue weighted by molar-refractivity contribution is 0.656. The molecule has 0 atom stereocenters. The number of furan rings is 2. The molecule has 0 saturated heterocycles. The Kier molecular flexibility index (Phi) is 6.83. The van der Waals surface area contributed by atoms with E-state index in [2.05, 4.69) is 108 Å². The number of para-hydroxylation sites is 2. The van der Waals surface area contributed by atoms with Gasteiger partial charge in [-0.05, 0) is 59.7 Å². The third-order valence-electron chi connectivity index (χ3n) is 11.1. The molecule has 0 aliphatic rings. The van der Waals surface area contributed by atoms with Gasteiger partial charge in [0.15, 0.2) is 17.5 Å². The van der Waals surface area contributed by atoms with E-state index >= 15 is 0 Å². The summed E-state index contributed by atoms with van der Waals surface area (Å²) in [4.78, 5) is 14.9. The highest BCUT2D eigenvalue weighted by Gasteiger charge is 2.20. The van der Waals surface area contributed by atoms with Crippen molar-refractivity contribution in [3.8, 4) is 51.0 Å². The van der Waals surface area contributed by atoms with Gasteiger partial charge >= 0.3 is 0 Å². The van der Waals surface area contributed by atoms with Crippen molar-refractivity contribution in [2.75, 3.05) is 0 Å². The van der Waals surface area contributed by atoms with Crippen molar-refractivity contribution in [1.82, 2.24) is 19.5 Å². The second-order valence-corrected chi connectivity index (χ2v) is 14.4. The van der Waals surface area contributed by atoms with Gasteiger partial charge in [-0.2, -0.15) is 0 Å². The van der Waals surface area contributed by atoms with Crippen LogP contribution in [0.1, 0.15) is 0 Å². The summed E-state index contributed by atoms with van der Waals surface area (Å²) in [6.07, 6.45) is 0. The molecule has 0 fully saturated rings. The highest BCUT2D eigenvalue weighted by Crippen LogP contribution is 2.41. The number of hydrogen-bond acceptors (Lipinski definition) is 5. The molecule has 12 rings (SSSR count). The maximum absolute atomic E-state index is 6.69. The zero-order chi connectivity index (χ0) is 37.5. The largest absolute Gasteiger partial charge is 0.456 e. The number of aromatic nitrogens is 4. The number of hydrogen-bond donors (Lipinski definition) is 0. The highest BCUT2D eigenvalue weighted by atomic mass is 16.3. The molecule has 0 bridgehead atoms. The minimum Gasteiger partial charge on any atom is -0.456 e. The van der Waals surface area contributed by atoms with E-state index in [1.165, 1.54) is 21.9 Å². The van der Waals surface area contributed by atoms with E-state index in [0.29, 0.717) is 17.5 Å². The fourth-order valence-electron chi connectivity index (χ4n) is 8.36. The number of rotatable bonds is 5. The fourth-order valence-corrected chi connectivity index (χ4v) is 8.36. The van der Waals surface area contributed by atoms with Gasteiger partial charge in [-0.25, -0.2) is 15.0 Å². The van der Waals surface area contributed by atoms with Crippen LogP contribution in [-0.4, -0.2) is 19.5 Å². The van der Waals surface area contributed by atoms with E-state index in [1.807, 2.05) is 78.9 Å². The Bertz CT molecular complexity index is 3450. The summed E-state index contributed by atoms with van der Waals surface area (Å²) in [6, 6.07) is 62.8. The van der Waals surface area contributed by atoms with Crippen molar-refractivity contribution in [1.29, 1.82) is 0 Å². The molecule has 266 valence electrons. The Morgan fingerprint density at radius 3 is 1.68 bits per heavy atom.